The first-order chi connectivity index (χ1) is 6.63. The molecule has 3 heteroatoms. The third kappa shape index (κ3) is 3.13. The van der Waals surface area contributed by atoms with Crippen LogP contribution in [0.25, 0.3) is 0 Å². The van der Waals surface area contributed by atoms with E-state index in [0.29, 0.717) is 11.4 Å². The summed E-state index contributed by atoms with van der Waals surface area (Å²) in [4.78, 5) is 11.2. The van der Waals surface area contributed by atoms with Gasteiger partial charge < -0.3 is 5.32 Å². The van der Waals surface area contributed by atoms with Crippen molar-refractivity contribution in [2.75, 3.05) is 7.05 Å². The van der Waals surface area contributed by atoms with Crippen molar-refractivity contribution in [2.24, 2.45) is 0 Å². The average molecular weight is 212 g/mol. The van der Waals surface area contributed by atoms with Gasteiger partial charge in [0, 0.05) is 5.02 Å². The molecule has 0 radical (unpaired) electrons. The Kier molecular flexibility index (Phi) is 4.11. The number of benzene rings is 1. The van der Waals surface area contributed by atoms with Crippen molar-refractivity contribution in [1.29, 1.82) is 0 Å². The van der Waals surface area contributed by atoms with Gasteiger partial charge in [-0.05, 0) is 38.1 Å². The van der Waals surface area contributed by atoms with Crippen molar-refractivity contribution in [2.45, 2.75) is 19.4 Å². The van der Waals surface area contributed by atoms with E-state index in [2.05, 4.69) is 5.32 Å². The van der Waals surface area contributed by atoms with Gasteiger partial charge in [-0.15, -0.1) is 0 Å². The highest BCUT2D eigenvalue weighted by molar-refractivity contribution is 6.30. The Morgan fingerprint density at radius 1 is 1.57 bits per heavy atom. The molecule has 0 aliphatic carbocycles. The van der Waals surface area contributed by atoms with Crippen LogP contribution < -0.4 is 5.32 Å². The van der Waals surface area contributed by atoms with Crippen LogP contribution in [0.4, 0.5) is 0 Å². The largest absolute Gasteiger partial charge is 0.310 e. The fourth-order valence-electron chi connectivity index (χ4n) is 1.35. The molecule has 0 saturated carbocycles. The van der Waals surface area contributed by atoms with Gasteiger partial charge in [0.1, 0.15) is 5.78 Å². The normalized spacial score (nSPS) is 12.5. The molecule has 1 N–H and O–H groups in total. The van der Waals surface area contributed by atoms with Gasteiger partial charge in [-0.3, -0.25) is 4.79 Å². The number of Topliss-reactive ketones (excluding diaryl/α,β-unsaturated/α-hetero) is 1. The Morgan fingerprint density at radius 2 is 2.29 bits per heavy atom. The van der Waals surface area contributed by atoms with E-state index < -0.39 is 0 Å². The van der Waals surface area contributed by atoms with E-state index in [0.717, 1.165) is 5.56 Å². The van der Waals surface area contributed by atoms with Crippen LogP contribution in [-0.2, 0) is 11.2 Å². The zero-order chi connectivity index (χ0) is 10.6. The van der Waals surface area contributed by atoms with Gasteiger partial charge in [-0.25, -0.2) is 0 Å². The number of halogens is 1. The van der Waals surface area contributed by atoms with E-state index in [9.17, 15) is 4.79 Å². The standard InChI is InChI=1S/C11H14ClNO/c1-8(14)11(13-2)7-9-4-3-5-10(12)6-9/h3-6,11,13H,7H2,1-2H3. The van der Waals surface area contributed by atoms with Gasteiger partial charge in [0.15, 0.2) is 0 Å². The summed E-state index contributed by atoms with van der Waals surface area (Å²) in [5, 5.41) is 3.69. The number of likely N-dealkylation sites (N-methyl/N-ethyl adjacent to an activating group) is 1. The second-order valence-corrected chi connectivity index (χ2v) is 3.72. The topological polar surface area (TPSA) is 29.1 Å². The Hall–Kier alpha value is -0.860. The lowest BCUT2D eigenvalue weighted by Crippen LogP contribution is -2.34. The van der Waals surface area contributed by atoms with E-state index in [1.807, 2.05) is 24.3 Å². The van der Waals surface area contributed by atoms with E-state index in [1.54, 1.807) is 14.0 Å². The summed E-state index contributed by atoms with van der Waals surface area (Å²) >= 11 is 5.85. The van der Waals surface area contributed by atoms with Crippen LogP contribution in [0.5, 0.6) is 0 Å². The molecule has 0 aliphatic heterocycles. The number of rotatable bonds is 4. The third-order valence-electron chi connectivity index (χ3n) is 2.17. The summed E-state index contributed by atoms with van der Waals surface area (Å²) in [7, 11) is 1.79. The van der Waals surface area contributed by atoms with Crippen LogP contribution >= 0.6 is 11.6 Å². The van der Waals surface area contributed by atoms with E-state index in [-0.39, 0.29) is 11.8 Å². The Morgan fingerprint density at radius 3 is 2.79 bits per heavy atom. The summed E-state index contributed by atoms with van der Waals surface area (Å²) in [6.07, 6.45) is 0.687. The maximum atomic E-state index is 11.2. The number of hydrogen-bond donors (Lipinski definition) is 1. The average Bonchev–Trinajstić information content (AvgIpc) is 2.14. The fraction of sp³-hybridized carbons (Fsp3) is 0.364. The number of carbonyl (C=O) groups is 1. The predicted octanol–water partition coefficient (Wildman–Crippen LogP) is 2.06. The predicted molar refractivity (Wildman–Crippen MR) is 58.7 cm³/mol. The molecule has 2 nitrogen and oxygen atoms in total. The molecule has 0 saturated heterocycles. The molecule has 14 heavy (non-hydrogen) atoms. The minimum Gasteiger partial charge on any atom is -0.310 e. The van der Waals surface area contributed by atoms with Gasteiger partial charge in [0.2, 0.25) is 0 Å². The first-order valence-corrected chi connectivity index (χ1v) is 4.93. The van der Waals surface area contributed by atoms with E-state index in [1.165, 1.54) is 0 Å². The fourth-order valence-corrected chi connectivity index (χ4v) is 1.56. The first-order valence-electron chi connectivity index (χ1n) is 4.55. The van der Waals surface area contributed by atoms with Gasteiger partial charge in [-0.2, -0.15) is 0 Å². The third-order valence-corrected chi connectivity index (χ3v) is 2.40. The highest BCUT2D eigenvalue weighted by atomic mass is 35.5. The number of ketones is 1. The molecule has 1 aromatic rings. The van der Waals surface area contributed by atoms with Crippen LogP contribution in [0, 0.1) is 0 Å². The monoisotopic (exact) mass is 211 g/mol. The van der Waals surface area contributed by atoms with Crippen LogP contribution in [0.1, 0.15) is 12.5 Å². The Labute approximate surface area is 89.3 Å². The molecule has 76 valence electrons. The summed E-state index contributed by atoms with van der Waals surface area (Å²) in [5.41, 5.74) is 1.08. The highest BCUT2D eigenvalue weighted by Gasteiger charge is 2.11. The molecule has 1 rings (SSSR count). The molecule has 0 fully saturated rings. The van der Waals surface area contributed by atoms with Crippen LogP contribution in [-0.4, -0.2) is 18.9 Å². The van der Waals surface area contributed by atoms with Crippen molar-refractivity contribution in [3.05, 3.63) is 34.9 Å². The van der Waals surface area contributed by atoms with E-state index >= 15 is 0 Å². The summed E-state index contributed by atoms with van der Waals surface area (Å²) < 4.78 is 0. The summed E-state index contributed by atoms with van der Waals surface area (Å²) in [6, 6.07) is 7.46. The number of hydrogen-bond acceptors (Lipinski definition) is 2. The van der Waals surface area contributed by atoms with Crippen molar-refractivity contribution in [3.63, 3.8) is 0 Å². The molecule has 1 unspecified atom stereocenters. The zero-order valence-corrected chi connectivity index (χ0v) is 9.14. The summed E-state index contributed by atoms with van der Waals surface area (Å²) in [5.74, 6) is 0.146. The van der Waals surface area contributed by atoms with Gasteiger partial charge in [0.05, 0.1) is 6.04 Å². The first kappa shape index (κ1) is 11.2. The van der Waals surface area contributed by atoms with Crippen molar-refractivity contribution < 1.29 is 4.79 Å². The van der Waals surface area contributed by atoms with Gasteiger partial charge in [0.25, 0.3) is 0 Å². The lowest BCUT2D eigenvalue weighted by Gasteiger charge is -2.12. The lowest BCUT2D eigenvalue weighted by molar-refractivity contribution is -0.118. The maximum absolute atomic E-state index is 11.2. The SMILES string of the molecule is CNC(Cc1cccc(Cl)c1)C(C)=O. The van der Waals surface area contributed by atoms with Crippen LogP contribution in [0.3, 0.4) is 0 Å². The smallest absolute Gasteiger partial charge is 0.147 e. The maximum Gasteiger partial charge on any atom is 0.147 e. The van der Waals surface area contributed by atoms with Gasteiger partial charge >= 0.3 is 0 Å². The van der Waals surface area contributed by atoms with Gasteiger partial charge in [-0.1, -0.05) is 23.7 Å². The molecule has 0 aliphatic rings. The molecule has 0 aromatic heterocycles. The lowest BCUT2D eigenvalue weighted by atomic mass is 10.0. The Balaban J connectivity index is 2.72. The molecule has 1 atom stereocenters. The molecular weight excluding hydrogens is 198 g/mol. The zero-order valence-electron chi connectivity index (χ0n) is 8.38. The second kappa shape index (κ2) is 5.13. The molecule has 0 amide bonds. The van der Waals surface area contributed by atoms with Crippen molar-refractivity contribution in [1.82, 2.24) is 5.32 Å². The molecule has 1 aromatic carbocycles. The quantitative estimate of drug-likeness (QED) is 0.826. The van der Waals surface area contributed by atoms with E-state index in [4.69, 9.17) is 11.6 Å². The minimum atomic E-state index is -0.117. The molecule has 0 spiro atoms. The highest BCUT2D eigenvalue weighted by Crippen LogP contribution is 2.12. The van der Waals surface area contributed by atoms with Crippen molar-refractivity contribution in [3.8, 4) is 0 Å². The minimum absolute atomic E-state index is 0.117. The second-order valence-electron chi connectivity index (χ2n) is 3.29. The van der Waals surface area contributed by atoms with Crippen molar-refractivity contribution >= 4 is 17.4 Å². The Bertz CT molecular complexity index is 325. The van der Waals surface area contributed by atoms with Crippen LogP contribution in [0.2, 0.25) is 5.02 Å². The number of nitrogens with one attached hydrogen (secondary N) is 1. The number of carbonyl (C=O) groups excluding carboxylic acids is 1. The summed E-state index contributed by atoms with van der Waals surface area (Å²) in [6.45, 7) is 1.59. The molecule has 0 heterocycles. The van der Waals surface area contributed by atoms with Crippen LogP contribution in [0.15, 0.2) is 24.3 Å². The molecule has 0 bridgehead atoms. The molecular formula is C11H14ClNO.